The normalized spacial score (nSPS) is 10.3. The van der Waals surface area contributed by atoms with E-state index in [1.165, 1.54) is 6.07 Å². The fourth-order valence-electron chi connectivity index (χ4n) is 1.83. The molecule has 2 aromatic rings. The second-order valence-corrected chi connectivity index (χ2v) is 6.04. The molecule has 116 valence electrons. The van der Waals surface area contributed by atoms with Crippen LogP contribution in [0.4, 0.5) is 5.69 Å². The van der Waals surface area contributed by atoms with Crippen molar-refractivity contribution in [2.24, 2.45) is 0 Å². The molecule has 0 aliphatic carbocycles. The maximum absolute atomic E-state index is 11.9. The number of hydrogen-bond donors (Lipinski definition) is 1. The molecule has 1 aromatic carbocycles. The van der Waals surface area contributed by atoms with Gasteiger partial charge in [-0.3, -0.25) is 14.9 Å². The van der Waals surface area contributed by atoms with Crippen LogP contribution in [0.1, 0.15) is 15.2 Å². The van der Waals surface area contributed by atoms with E-state index in [4.69, 9.17) is 16.3 Å². The van der Waals surface area contributed by atoms with Crippen molar-refractivity contribution >= 4 is 34.5 Å². The molecule has 1 aromatic heterocycles. The molecule has 0 atom stereocenters. The molecule has 22 heavy (non-hydrogen) atoms. The van der Waals surface area contributed by atoms with Crippen LogP contribution in [-0.2, 0) is 6.42 Å². The third-order valence-corrected chi connectivity index (χ3v) is 4.26. The Hall–Kier alpha value is -2.12. The van der Waals surface area contributed by atoms with E-state index in [9.17, 15) is 14.9 Å². The first-order valence-electron chi connectivity index (χ1n) is 6.36. The molecule has 8 heteroatoms. The first-order chi connectivity index (χ1) is 10.5. The van der Waals surface area contributed by atoms with Crippen molar-refractivity contribution < 1.29 is 14.5 Å². The number of halogens is 1. The molecule has 0 radical (unpaired) electrons. The van der Waals surface area contributed by atoms with Gasteiger partial charge in [0.25, 0.3) is 11.6 Å². The van der Waals surface area contributed by atoms with Gasteiger partial charge in [-0.2, -0.15) is 0 Å². The standard InChI is InChI=1S/C14H13ClN2O4S/c1-21-10-4-2-3-9(7-10)5-6-16-14(18)12-8-11(17(19)20)13(15)22-12/h2-4,7-8H,5-6H2,1H3,(H,16,18). The lowest BCUT2D eigenvalue weighted by Gasteiger charge is -2.05. The first-order valence-corrected chi connectivity index (χ1v) is 7.55. The largest absolute Gasteiger partial charge is 0.497 e. The fourth-order valence-corrected chi connectivity index (χ4v) is 2.97. The zero-order valence-electron chi connectivity index (χ0n) is 11.7. The zero-order valence-corrected chi connectivity index (χ0v) is 13.2. The summed E-state index contributed by atoms with van der Waals surface area (Å²) in [6.07, 6.45) is 0.629. The Morgan fingerprint density at radius 1 is 1.45 bits per heavy atom. The van der Waals surface area contributed by atoms with Crippen LogP contribution in [-0.4, -0.2) is 24.5 Å². The summed E-state index contributed by atoms with van der Waals surface area (Å²) in [6, 6.07) is 8.72. The molecule has 0 bridgehead atoms. The minimum atomic E-state index is -0.605. The van der Waals surface area contributed by atoms with Gasteiger partial charge in [0.05, 0.1) is 12.0 Å². The number of ether oxygens (including phenoxy) is 1. The van der Waals surface area contributed by atoms with Gasteiger partial charge in [0, 0.05) is 12.6 Å². The van der Waals surface area contributed by atoms with E-state index >= 15 is 0 Å². The number of benzene rings is 1. The Kier molecular flexibility index (Phi) is 5.35. The van der Waals surface area contributed by atoms with Crippen LogP contribution in [0.15, 0.2) is 30.3 Å². The van der Waals surface area contributed by atoms with Crippen molar-refractivity contribution in [2.45, 2.75) is 6.42 Å². The molecule has 1 heterocycles. The number of rotatable bonds is 6. The number of methoxy groups -OCH3 is 1. The summed E-state index contributed by atoms with van der Waals surface area (Å²) in [5.74, 6) is 0.382. The number of nitro groups is 1. The first kappa shape index (κ1) is 16.3. The lowest BCUT2D eigenvalue weighted by molar-refractivity contribution is -0.384. The van der Waals surface area contributed by atoms with Gasteiger partial charge in [0.1, 0.15) is 10.6 Å². The van der Waals surface area contributed by atoms with Crippen LogP contribution >= 0.6 is 22.9 Å². The molecule has 2 rings (SSSR count). The monoisotopic (exact) mass is 340 g/mol. The number of carbonyl (C=O) groups is 1. The highest BCUT2D eigenvalue weighted by molar-refractivity contribution is 7.18. The van der Waals surface area contributed by atoms with E-state index in [1.807, 2.05) is 24.3 Å². The average molecular weight is 341 g/mol. The topological polar surface area (TPSA) is 81.5 Å². The predicted molar refractivity (Wildman–Crippen MR) is 85.0 cm³/mol. The van der Waals surface area contributed by atoms with Crippen molar-refractivity contribution in [2.75, 3.05) is 13.7 Å². The van der Waals surface area contributed by atoms with Crippen LogP contribution in [0, 0.1) is 10.1 Å². The van der Waals surface area contributed by atoms with E-state index in [-0.39, 0.29) is 20.8 Å². The highest BCUT2D eigenvalue weighted by atomic mass is 35.5. The van der Waals surface area contributed by atoms with Crippen molar-refractivity contribution in [1.82, 2.24) is 5.32 Å². The van der Waals surface area contributed by atoms with Gasteiger partial charge >= 0.3 is 0 Å². The van der Waals surface area contributed by atoms with E-state index in [2.05, 4.69) is 5.32 Å². The van der Waals surface area contributed by atoms with Gasteiger partial charge in [-0.1, -0.05) is 23.7 Å². The Balaban J connectivity index is 1.92. The minimum absolute atomic E-state index is 0.00273. The van der Waals surface area contributed by atoms with Crippen molar-refractivity contribution in [3.05, 3.63) is 55.2 Å². The molecule has 0 saturated carbocycles. The molecule has 0 aliphatic heterocycles. The van der Waals surface area contributed by atoms with Crippen molar-refractivity contribution in [1.29, 1.82) is 0 Å². The van der Waals surface area contributed by atoms with Gasteiger partial charge in [-0.15, -0.1) is 11.3 Å². The lowest BCUT2D eigenvalue weighted by atomic mass is 10.1. The van der Waals surface area contributed by atoms with Gasteiger partial charge in [0.2, 0.25) is 0 Å². The van der Waals surface area contributed by atoms with Crippen LogP contribution in [0.5, 0.6) is 5.75 Å². The Bertz CT molecular complexity index is 702. The van der Waals surface area contributed by atoms with Gasteiger partial charge in [0.15, 0.2) is 4.34 Å². The summed E-state index contributed by atoms with van der Waals surface area (Å²) < 4.78 is 5.13. The number of carbonyl (C=O) groups excluding carboxylic acids is 1. The highest BCUT2D eigenvalue weighted by Gasteiger charge is 2.20. The van der Waals surface area contributed by atoms with Crippen LogP contribution in [0.3, 0.4) is 0 Å². The van der Waals surface area contributed by atoms with Crippen LogP contribution < -0.4 is 10.1 Å². The SMILES string of the molecule is COc1cccc(CCNC(=O)c2cc([N+](=O)[O-])c(Cl)s2)c1. The molecular formula is C14H13ClN2O4S. The summed E-state index contributed by atoms with van der Waals surface area (Å²) in [5.41, 5.74) is 0.777. The third kappa shape index (κ3) is 3.96. The van der Waals surface area contributed by atoms with E-state index in [1.54, 1.807) is 7.11 Å². The van der Waals surface area contributed by atoms with E-state index < -0.39 is 4.92 Å². The van der Waals surface area contributed by atoms with Gasteiger partial charge < -0.3 is 10.1 Å². The molecule has 0 spiro atoms. The van der Waals surface area contributed by atoms with Crippen molar-refractivity contribution in [3.8, 4) is 5.75 Å². The zero-order chi connectivity index (χ0) is 16.1. The summed E-state index contributed by atoms with van der Waals surface area (Å²) in [6.45, 7) is 0.412. The molecule has 0 aliphatic rings. The summed E-state index contributed by atoms with van der Waals surface area (Å²) in [5, 5.41) is 13.4. The second-order valence-electron chi connectivity index (χ2n) is 4.38. The quantitative estimate of drug-likeness (QED) is 0.646. The van der Waals surface area contributed by atoms with Crippen molar-refractivity contribution in [3.63, 3.8) is 0 Å². The smallest absolute Gasteiger partial charge is 0.299 e. The molecule has 0 fully saturated rings. The third-order valence-electron chi connectivity index (χ3n) is 2.92. The number of hydrogen-bond acceptors (Lipinski definition) is 5. The maximum atomic E-state index is 11.9. The molecular weight excluding hydrogens is 328 g/mol. The predicted octanol–water partition coefficient (Wildman–Crippen LogP) is 3.29. The lowest BCUT2D eigenvalue weighted by Crippen LogP contribution is -2.24. The molecule has 0 unspecified atom stereocenters. The van der Waals surface area contributed by atoms with Gasteiger partial charge in [-0.05, 0) is 24.1 Å². The average Bonchev–Trinajstić information content (AvgIpc) is 2.89. The summed E-state index contributed by atoms with van der Waals surface area (Å²) >= 11 is 6.63. The molecule has 1 amide bonds. The fraction of sp³-hybridized carbons (Fsp3) is 0.214. The molecule has 6 nitrogen and oxygen atoms in total. The number of thiophene rings is 1. The van der Waals surface area contributed by atoms with E-state index in [0.29, 0.717) is 13.0 Å². The number of amides is 1. The maximum Gasteiger partial charge on any atom is 0.299 e. The minimum Gasteiger partial charge on any atom is -0.497 e. The molecule has 1 N–H and O–H groups in total. The Morgan fingerprint density at radius 3 is 2.86 bits per heavy atom. The van der Waals surface area contributed by atoms with Crippen LogP contribution in [0.2, 0.25) is 4.34 Å². The summed E-state index contributed by atoms with van der Waals surface area (Å²) in [7, 11) is 1.59. The molecule has 0 saturated heterocycles. The Labute approximate surface area is 135 Å². The van der Waals surface area contributed by atoms with Crippen LogP contribution in [0.25, 0.3) is 0 Å². The second kappa shape index (κ2) is 7.24. The Morgan fingerprint density at radius 2 is 2.23 bits per heavy atom. The van der Waals surface area contributed by atoms with E-state index in [0.717, 1.165) is 22.6 Å². The van der Waals surface area contributed by atoms with Gasteiger partial charge in [-0.25, -0.2) is 0 Å². The highest BCUT2D eigenvalue weighted by Crippen LogP contribution is 2.33. The number of nitrogens with one attached hydrogen (secondary N) is 1. The number of nitrogens with zero attached hydrogens (tertiary/aromatic N) is 1. The summed E-state index contributed by atoms with van der Waals surface area (Å²) in [4.78, 5) is 22.3.